The van der Waals surface area contributed by atoms with Crippen LogP contribution in [0.2, 0.25) is 0 Å². The molecule has 4 nitrogen and oxygen atoms in total. The SMILES string of the molecule is O=C(CC[C@H]1[C@H](c2ccc(OCc3ccccc3)cc2)C(=O)N1c1ccc(F)cc1)c1ccc(F)cc1. The van der Waals surface area contributed by atoms with Crippen molar-refractivity contribution < 1.29 is 23.1 Å². The minimum atomic E-state index is -0.436. The molecule has 5 rings (SSSR count). The molecule has 0 radical (unpaired) electrons. The van der Waals surface area contributed by atoms with Crippen LogP contribution in [-0.2, 0) is 11.4 Å². The second kappa shape index (κ2) is 10.7. The number of ether oxygens (including phenoxy) is 1. The molecule has 4 aromatic carbocycles. The highest BCUT2D eigenvalue weighted by Gasteiger charge is 2.48. The summed E-state index contributed by atoms with van der Waals surface area (Å²) in [6, 6.07) is 28.2. The number of ketones is 1. The van der Waals surface area contributed by atoms with Gasteiger partial charge < -0.3 is 9.64 Å². The van der Waals surface area contributed by atoms with Crippen molar-refractivity contribution in [2.75, 3.05) is 4.90 Å². The van der Waals surface area contributed by atoms with Gasteiger partial charge in [-0.1, -0.05) is 42.5 Å². The number of benzene rings is 4. The van der Waals surface area contributed by atoms with Crippen molar-refractivity contribution in [3.63, 3.8) is 0 Å². The van der Waals surface area contributed by atoms with Crippen molar-refractivity contribution in [3.8, 4) is 5.75 Å². The monoisotopic (exact) mass is 497 g/mol. The Labute approximate surface area is 214 Å². The normalized spacial score (nSPS) is 16.8. The number of anilines is 1. The molecule has 1 saturated heterocycles. The standard InChI is InChI=1S/C31H25F2NO3/c32-24-10-6-22(7-11-24)29(35)19-18-28-30(31(36)34(28)26-14-12-25(33)13-15-26)23-8-16-27(17-9-23)37-20-21-4-2-1-3-5-21/h1-17,28,30H,18-20H2/t28-,30-/m0/s1. The molecule has 1 aliphatic rings. The second-order valence-corrected chi connectivity index (χ2v) is 9.04. The van der Waals surface area contributed by atoms with Gasteiger partial charge in [0.15, 0.2) is 5.78 Å². The third-order valence-electron chi connectivity index (χ3n) is 6.65. The Morgan fingerprint density at radius 3 is 2.05 bits per heavy atom. The Hall–Kier alpha value is -4.32. The van der Waals surface area contributed by atoms with Gasteiger partial charge in [-0.2, -0.15) is 0 Å². The summed E-state index contributed by atoms with van der Waals surface area (Å²) in [4.78, 5) is 27.7. The largest absolute Gasteiger partial charge is 0.489 e. The maximum absolute atomic E-state index is 13.5. The van der Waals surface area contributed by atoms with E-state index in [4.69, 9.17) is 4.74 Å². The smallest absolute Gasteiger partial charge is 0.236 e. The molecule has 0 N–H and O–H groups in total. The zero-order chi connectivity index (χ0) is 25.8. The molecular formula is C31H25F2NO3. The summed E-state index contributed by atoms with van der Waals surface area (Å²) in [7, 11) is 0. The van der Waals surface area contributed by atoms with Crippen molar-refractivity contribution in [2.24, 2.45) is 0 Å². The molecular weight excluding hydrogens is 472 g/mol. The molecule has 0 unspecified atom stereocenters. The van der Waals surface area contributed by atoms with Gasteiger partial charge in [-0.05, 0) is 78.2 Å². The van der Waals surface area contributed by atoms with Crippen LogP contribution in [0.25, 0.3) is 0 Å². The summed E-state index contributed by atoms with van der Waals surface area (Å²) >= 11 is 0. The number of halogens is 2. The molecule has 6 heteroatoms. The lowest BCUT2D eigenvalue weighted by Crippen LogP contribution is -2.59. The average molecular weight is 498 g/mol. The molecule has 1 heterocycles. The van der Waals surface area contributed by atoms with E-state index in [1.165, 1.54) is 36.4 Å². The van der Waals surface area contributed by atoms with E-state index in [1.807, 2.05) is 54.6 Å². The Morgan fingerprint density at radius 2 is 1.41 bits per heavy atom. The van der Waals surface area contributed by atoms with Crippen molar-refractivity contribution >= 4 is 17.4 Å². The zero-order valence-corrected chi connectivity index (χ0v) is 20.0. The summed E-state index contributed by atoms with van der Waals surface area (Å²) in [5.74, 6) is -0.764. The molecule has 0 aliphatic carbocycles. The lowest BCUT2D eigenvalue weighted by molar-refractivity contribution is -0.126. The number of nitrogens with zero attached hydrogens (tertiary/aromatic N) is 1. The van der Waals surface area contributed by atoms with E-state index >= 15 is 0 Å². The Balaban J connectivity index is 1.32. The summed E-state index contributed by atoms with van der Waals surface area (Å²) in [5, 5.41) is 0. The van der Waals surface area contributed by atoms with Crippen LogP contribution >= 0.6 is 0 Å². The van der Waals surface area contributed by atoms with Gasteiger partial charge in [0.2, 0.25) is 5.91 Å². The zero-order valence-electron chi connectivity index (χ0n) is 20.0. The van der Waals surface area contributed by atoms with E-state index in [2.05, 4.69) is 0 Å². The Morgan fingerprint density at radius 1 is 0.784 bits per heavy atom. The van der Waals surface area contributed by atoms with E-state index in [0.717, 1.165) is 11.1 Å². The van der Waals surface area contributed by atoms with Crippen LogP contribution < -0.4 is 9.64 Å². The van der Waals surface area contributed by atoms with E-state index in [-0.39, 0.29) is 30.0 Å². The van der Waals surface area contributed by atoms with Crippen LogP contribution in [0.5, 0.6) is 5.75 Å². The molecule has 0 aromatic heterocycles. The summed E-state index contributed by atoms with van der Waals surface area (Å²) < 4.78 is 32.6. The van der Waals surface area contributed by atoms with Gasteiger partial charge in [0.05, 0.1) is 12.0 Å². The summed E-state index contributed by atoms with van der Waals surface area (Å²) in [5.41, 5.74) is 2.90. The van der Waals surface area contributed by atoms with Gasteiger partial charge in [-0.3, -0.25) is 9.59 Å². The molecule has 2 atom stereocenters. The second-order valence-electron chi connectivity index (χ2n) is 9.04. The number of carbonyl (C=O) groups excluding carboxylic acids is 2. The lowest BCUT2D eigenvalue weighted by Gasteiger charge is -2.47. The first kappa shape index (κ1) is 24.4. The fraction of sp³-hybridized carbons (Fsp3) is 0.161. The van der Waals surface area contributed by atoms with Crippen molar-refractivity contribution in [2.45, 2.75) is 31.4 Å². The number of β-lactam (4-membered cyclic amide) rings is 1. The Kier molecular flexibility index (Phi) is 7.08. The minimum absolute atomic E-state index is 0.108. The maximum Gasteiger partial charge on any atom is 0.236 e. The molecule has 1 amide bonds. The molecule has 186 valence electrons. The van der Waals surface area contributed by atoms with Crippen molar-refractivity contribution in [1.29, 1.82) is 0 Å². The number of rotatable bonds is 9. The third kappa shape index (κ3) is 5.43. The van der Waals surface area contributed by atoms with Crippen LogP contribution in [0, 0.1) is 11.6 Å². The minimum Gasteiger partial charge on any atom is -0.489 e. The first-order valence-electron chi connectivity index (χ1n) is 12.1. The molecule has 37 heavy (non-hydrogen) atoms. The number of hydrogen-bond acceptors (Lipinski definition) is 3. The van der Waals surface area contributed by atoms with Gasteiger partial charge in [0.1, 0.15) is 24.0 Å². The third-order valence-corrected chi connectivity index (χ3v) is 6.65. The van der Waals surface area contributed by atoms with Crippen LogP contribution in [0.15, 0.2) is 103 Å². The number of hydrogen-bond donors (Lipinski definition) is 0. The van der Waals surface area contributed by atoms with Crippen LogP contribution in [0.3, 0.4) is 0 Å². The number of Topliss-reactive ketones (excluding diaryl/α,β-unsaturated/α-hetero) is 1. The summed E-state index contributed by atoms with van der Waals surface area (Å²) in [6.45, 7) is 0.439. The predicted molar refractivity (Wildman–Crippen MR) is 138 cm³/mol. The highest BCUT2D eigenvalue weighted by atomic mass is 19.1. The van der Waals surface area contributed by atoms with Gasteiger partial charge in [0.25, 0.3) is 0 Å². The topological polar surface area (TPSA) is 46.6 Å². The van der Waals surface area contributed by atoms with Gasteiger partial charge >= 0.3 is 0 Å². The Bertz CT molecular complexity index is 1370. The van der Waals surface area contributed by atoms with E-state index in [0.29, 0.717) is 30.0 Å². The van der Waals surface area contributed by atoms with Crippen molar-refractivity contribution in [3.05, 3.63) is 131 Å². The number of amides is 1. The van der Waals surface area contributed by atoms with Crippen LogP contribution in [0.1, 0.15) is 40.2 Å². The quantitative estimate of drug-likeness (QED) is 0.191. The van der Waals surface area contributed by atoms with E-state index < -0.39 is 11.7 Å². The van der Waals surface area contributed by atoms with Gasteiger partial charge in [-0.25, -0.2) is 8.78 Å². The van der Waals surface area contributed by atoms with Crippen LogP contribution in [0.4, 0.5) is 14.5 Å². The fourth-order valence-electron chi connectivity index (χ4n) is 4.70. The van der Waals surface area contributed by atoms with Crippen LogP contribution in [-0.4, -0.2) is 17.7 Å². The van der Waals surface area contributed by atoms with Gasteiger partial charge in [0, 0.05) is 17.7 Å². The maximum atomic E-state index is 13.5. The van der Waals surface area contributed by atoms with E-state index in [1.54, 1.807) is 17.0 Å². The van der Waals surface area contributed by atoms with Gasteiger partial charge in [-0.15, -0.1) is 0 Å². The molecule has 4 aromatic rings. The lowest BCUT2D eigenvalue weighted by atomic mass is 9.78. The number of carbonyl (C=O) groups is 2. The average Bonchev–Trinajstić information content (AvgIpc) is 2.92. The highest BCUT2D eigenvalue weighted by Crippen LogP contribution is 2.42. The van der Waals surface area contributed by atoms with Crippen molar-refractivity contribution in [1.82, 2.24) is 0 Å². The summed E-state index contributed by atoms with van der Waals surface area (Å²) in [6.07, 6.45) is 0.603. The van der Waals surface area contributed by atoms with E-state index in [9.17, 15) is 18.4 Å². The first-order chi connectivity index (χ1) is 18.0. The first-order valence-corrected chi connectivity index (χ1v) is 12.1. The molecule has 1 fully saturated rings. The molecule has 0 saturated carbocycles. The molecule has 0 spiro atoms. The molecule has 1 aliphatic heterocycles. The predicted octanol–water partition coefficient (Wildman–Crippen LogP) is 6.71. The molecule has 0 bridgehead atoms. The highest BCUT2D eigenvalue weighted by molar-refractivity contribution is 6.06. The fourth-order valence-corrected chi connectivity index (χ4v) is 4.70.